The predicted molar refractivity (Wildman–Crippen MR) is 202 cm³/mol. The van der Waals surface area contributed by atoms with E-state index < -0.39 is 5.97 Å². The SMILES string of the molecule is COc1ccc2cc1Oc1ccc(cc1)CC1c3cc(c(OC)cc3CCN1C)Oc1c(OC)c(OC)cc3c1C(C2)[N+](C)(CCCCC(=O)O)CC3. The molecular weight excluding hydrogens is 672 g/mol. The molecule has 53 heavy (non-hydrogen) atoms. The molecule has 6 bridgehead atoms. The number of ether oxygens (including phenoxy) is 6. The number of methoxy groups -OCH3 is 4. The summed E-state index contributed by atoms with van der Waals surface area (Å²) in [5, 5.41) is 9.42. The maximum Gasteiger partial charge on any atom is 0.303 e. The molecule has 3 unspecified atom stereocenters. The molecule has 280 valence electrons. The van der Waals surface area contributed by atoms with E-state index in [9.17, 15) is 9.90 Å². The first-order valence-corrected chi connectivity index (χ1v) is 18.5. The fraction of sp³-hybridized carbons (Fsp3) is 0.419. The molecule has 0 saturated heterocycles. The number of carboxylic acids is 1. The van der Waals surface area contributed by atoms with Gasteiger partial charge in [-0.25, -0.2) is 0 Å². The van der Waals surface area contributed by atoms with Crippen LogP contribution >= 0.6 is 0 Å². The van der Waals surface area contributed by atoms with Crippen molar-refractivity contribution in [2.24, 2.45) is 0 Å². The van der Waals surface area contributed by atoms with Gasteiger partial charge in [-0.2, -0.15) is 0 Å². The van der Waals surface area contributed by atoms with Gasteiger partial charge in [0.2, 0.25) is 5.75 Å². The number of nitrogens with zero attached hydrogens (tertiary/aromatic N) is 2. The Labute approximate surface area is 312 Å². The van der Waals surface area contributed by atoms with Gasteiger partial charge >= 0.3 is 5.97 Å². The number of likely N-dealkylation sites (N-methyl/N-ethyl adjacent to an activating group) is 2. The third-order valence-corrected chi connectivity index (χ3v) is 11.5. The van der Waals surface area contributed by atoms with Gasteiger partial charge in [0.25, 0.3) is 0 Å². The first-order chi connectivity index (χ1) is 25.6. The summed E-state index contributed by atoms with van der Waals surface area (Å²) in [5.41, 5.74) is 6.93. The highest BCUT2D eigenvalue weighted by atomic mass is 16.5. The summed E-state index contributed by atoms with van der Waals surface area (Å²) < 4.78 is 38.3. The van der Waals surface area contributed by atoms with Crippen LogP contribution in [0.5, 0.6) is 46.0 Å². The van der Waals surface area contributed by atoms with Crippen molar-refractivity contribution in [2.75, 3.05) is 62.2 Å². The zero-order valence-corrected chi connectivity index (χ0v) is 31.7. The Morgan fingerprint density at radius 1 is 0.811 bits per heavy atom. The Balaban J connectivity index is 1.46. The van der Waals surface area contributed by atoms with Crippen molar-refractivity contribution in [3.63, 3.8) is 0 Å². The average molecular weight is 724 g/mol. The third-order valence-electron chi connectivity index (χ3n) is 11.5. The highest BCUT2D eigenvalue weighted by Crippen LogP contribution is 2.53. The van der Waals surface area contributed by atoms with Gasteiger partial charge in [0, 0.05) is 31.8 Å². The van der Waals surface area contributed by atoms with E-state index in [0.29, 0.717) is 57.6 Å². The zero-order chi connectivity index (χ0) is 37.3. The number of quaternary nitrogens is 1. The minimum absolute atomic E-state index is 0.0831. The Kier molecular flexibility index (Phi) is 10.4. The molecule has 4 aliphatic heterocycles. The molecule has 10 heteroatoms. The second-order valence-corrected chi connectivity index (χ2v) is 14.7. The number of unbranched alkanes of at least 4 members (excludes halogenated alkanes) is 1. The molecule has 4 aliphatic rings. The van der Waals surface area contributed by atoms with Crippen LogP contribution in [0.4, 0.5) is 0 Å². The van der Waals surface area contributed by atoms with Gasteiger partial charge in [-0.05, 0) is 103 Å². The van der Waals surface area contributed by atoms with Crippen molar-refractivity contribution in [1.82, 2.24) is 4.90 Å². The second-order valence-electron chi connectivity index (χ2n) is 14.7. The van der Waals surface area contributed by atoms with Gasteiger partial charge in [-0.1, -0.05) is 18.2 Å². The number of carboxylic acid groups (broad SMARTS) is 1. The lowest BCUT2D eigenvalue weighted by atomic mass is 9.85. The van der Waals surface area contributed by atoms with Gasteiger partial charge in [-0.15, -0.1) is 0 Å². The minimum atomic E-state index is -0.770. The van der Waals surface area contributed by atoms with E-state index in [-0.39, 0.29) is 18.5 Å². The maximum absolute atomic E-state index is 11.5. The van der Waals surface area contributed by atoms with Crippen LogP contribution in [0.15, 0.2) is 60.7 Å². The zero-order valence-electron chi connectivity index (χ0n) is 31.7. The highest BCUT2D eigenvalue weighted by molar-refractivity contribution is 5.66. The number of rotatable bonds is 9. The van der Waals surface area contributed by atoms with Crippen molar-refractivity contribution >= 4 is 5.97 Å². The topological polar surface area (TPSA) is 95.9 Å². The summed E-state index contributed by atoms with van der Waals surface area (Å²) in [6, 6.07) is 20.9. The number of carbonyl (C=O) groups is 1. The first-order valence-electron chi connectivity index (χ1n) is 18.5. The summed E-state index contributed by atoms with van der Waals surface area (Å²) >= 11 is 0. The van der Waals surface area contributed by atoms with Crippen LogP contribution in [-0.4, -0.2) is 82.6 Å². The van der Waals surface area contributed by atoms with Gasteiger partial charge in [0.1, 0.15) is 11.8 Å². The molecular formula is C43H51N2O8+. The number of hydrogen-bond donors (Lipinski definition) is 1. The number of aliphatic carboxylic acids is 1. The van der Waals surface area contributed by atoms with E-state index in [1.807, 2.05) is 18.2 Å². The molecule has 8 rings (SSSR count). The summed E-state index contributed by atoms with van der Waals surface area (Å²) in [4.78, 5) is 13.9. The van der Waals surface area contributed by atoms with E-state index in [0.717, 1.165) is 67.8 Å². The quantitative estimate of drug-likeness (QED) is 0.137. The lowest BCUT2D eigenvalue weighted by Gasteiger charge is -2.46. The standard InChI is InChI=1S/C43H50N2O8/c1-44-18-16-29-24-36(49-4)38-26-32(29)33(44)21-27-10-13-31(14-11-27)52-37-23-28(12-15-35(37)48-3)22-34-41-30(25-39(50-5)42(51-6)43(41)53-38)17-20-45(34,2)19-8-7-9-40(46)47/h10-15,23-26,33-34H,7-9,16-22H2,1-6H3/p+1. The largest absolute Gasteiger partial charge is 0.493 e. The van der Waals surface area contributed by atoms with Crippen molar-refractivity contribution in [3.05, 3.63) is 94.0 Å². The normalized spacial score (nSPS) is 20.6. The Hall–Kier alpha value is -4.93. The van der Waals surface area contributed by atoms with Crippen LogP contribution in [0.1, 0.15) is 64.7 Å². The van der Waals surface area contributed by atoms with Crippen molar-refractivity contribution in [1.29, 1.82) is 0 Å². The van der Waals surface area contributed by atoms with E-state index in [2.05, 4.69) is 61.5 Å². The first kappa shape index (κ1) is 36.4. The lowest BCUT2D eigenvalue weighted by molar-refractivity contribution is -0.941. The molecule has 0 aliphatic carbocycles. The summed E-state index contributed by atoms with van der Waals surface area (Å²) in [7, 11) is 11.1. The Morgan fingerprint density at radius 2 is 1.53 bits per heavy atom. The van der Waals surface area contributed by atoms with Gasteiger partial charge in [0.15, 0.2) is 34.5 Å². The third kappa shape index (κ3) is 7.22. The fourth-order valence-corrected chi connectivity index (χ4v) is 8.53. The number of benzene rings is 4. The molecule has 4 aromatic rings. The van der Waals surface area contributed by atoms with Crippen molar-refractivity contribution in [3.8, 4) is 46.0 Å². The molecule has 0 saturated carbocycles. The lowest BCUT2D eigenvalue weighted by Crippen LogP contribution is -2.52. The summed E-state index contributed by atoms with van der Waals surface area (Å²) in [6.07, 6.45) is 4.70. The molecule has 0 fully saturated rings. The molecule has 0 radical (unpaired) electrons. The molecule has 4 aromatic carbocycles. The predicted octanol–water partition coefficient (Wildman–Crippen LogP) is 7.93. The highest BCUT2D eigenvalue weighted by Gasteiger charge is 2.43. The van der Waals surface area contributed by atoms with Gasteiger partial charge in [-0.3, -0.25) is 9.69 Å². The van der Waals surface area contributed by atoms with E-state index >= 15 is 0 Å². The van der Waals surface area contributed by atoms with Crippen LogP contribution < -0.4 is 28.4 Å². The second kappa shape index (κ2) is 15.2. The number of fused-ring (bicyclic) bond motifs is 2. The number of hydrogen-bond acceptors (Lipinski definition) is 8. The van der Waals surface area contributed by atoms with Crippen molar-refractivity contribution < 1.29 is 42.8 Å². The fourth-order valence-electron chi connectivity index (χ4n) is 8.53. The Morgan fingerprint density at radius 3 is 2.25 bits per heavy atom. The summed E-state index contributed by atoms with van der Waals surface area (Å²) in [5.74, 6) is 4.30. The molecule has 4 heterocycles. The van der Waals surface area contributed by atoms with Crippen LogP contribution in [-0.2, 0) is 30.5 Å². The van der Waals surface area contributed by atoms with E-state index in [1.165, 1.54) is 16.7 Å². The molecule has 1 N–H and O–H groups in total. The smallest absolute Gasteiger partial charge is 0.303 e. The summed E-state index contributed by atoms with van der Waals surface area (Å²) in [6.45, 7) is 2.59. The maximum atomic E-state index is 11.5. The monoisotopic (exact) mass is 723 g/mol. The van der Waals surface area contributed by atoms with Gasteiger partial charge in [0.05, 0.1) is 54.1 Å². The molecule has 0 spiro atoms. The molecule has 10 nitrogen and oxygen atoms in total. The molecule has 0 aromatic heterocycles. The van der Waals surface area contributed by atoms with Crippen LogP contribution in [0, 0.1) is 0 Å². The van der Waals surface area contributed by atoms with Crippen LogP contribution in [0.2, 0.25) is 0 Å². The Bertz CT molecular complexity index is 1980. The van der Waals surface area contributed by atoms with Crippen molar-refractivity contribution in [2.45, 2.75) is 57.0 Å². The van der Waals surface area contributed by atoms with E-state index in [4.69, 9.17) is 28.4 Å². The molecule has 3 atom stereocenters. The average Bonchev–Trinajstić information content (AvgIpc) is 3.15. The minimum Gasteiger partial charge on any atom is -0.493 e. The molecule has 0 amide bonds. The van der Waals surface area contributed by atoms with E-state index in [1.54, 1.807) is 28.4 Å². The van der Waals surface area contributed by atoms with Gasteiger partial charge < -0.3 is 38.0 Å². The van der Waals surface area contributed by atoms with Crippen LogP contribution in [0.25, 0.3) is 0 Å². The van der Waals surface area contributed by atoms with Crippen LogP contribution in [0.3, 0.4) is 0 Å².